The van der Waals surface area contributed by atoms with Crippen molar-refractivity contribution in [2.24, 2.45) is 34.5 Å². The van der Waals surface area contributed by atoms with Crippen LogP contribution in [0.25, 0.3) is 0 Å². The molecule has 1 saturated heterocycles. The van der Waals surface area contributed by atoms with E-state index in [0.29, 0.717) is 32.4 Å². The Bertz CT molecular complexity index is 798. The Labute approximate surface area is 189 Å². The first-order valence-electron chi connectivity index (χ1n) is 12.3. The zero-order valence-electron chi connectivity index (χ0n) is 19.6. The minimum atomic E-state index is -1.60. The lowest BCUT2D eigenvalue weighted by Crippen LogP contribution is -2.82. The molecule has 4 N–H and O–H groups in total. The van der Waals surface area contributed by atoms with E-state index < -0.39 is 40.3 Å². The SMILES string of the molecule is CCN1C[C@]2(CO)CCC(O)[C@@]34[C@@H]5C[C@H]6[C@H](OC)[C@@H]5[C@](O)(C[C@@H]6OC)[C@@](O)(C(OC)[C@H]23)[C@@H]14. The normalized spacial score (nSPS) is 62.4. The predicted octanol–water partition coefficient (Wildman–Crippen LogP) is -0.383. The summed E-state index contributed by atoms with van der Waals surface area (Å²) in [5.41, 5.74) is -4.23. The van der Waals surface area contributed by atoms with Gasteiger partial charge in [-0.25, -0.2) is 0 Å². The van der Waals surface area contributed by atoms with Crippen LogP contribution in [0.4, 0.5) is 0 Å². The van der Waals surface area contributed by atoms with Crippen LogP contribution in [0.1, 0.15) is 32.6 Å². The van der Waals surface area contributed by atoms with E-state index >= 15 is 0 Å². The van der Waals surface area contributed by atoms with Gasteiger partial charge in [0.15, 0.2) is 0 Å². The standard InChI is InChI=1S/C24H39NO7/c1-5-25-10-21(11-26)7-6-15(27)23-13-8-12-14(30-2)9-22(28,16(13)17(12)31-3)24(29,20(23)25)19(32-4)18(21)23/h12-20,26-29H,5-11H2,1-4H3/t12-,13-,14+,15?,16-,17+,18-,19?,20+,21+,22-,23+,24-/m1/s1. The van der Waals surface area contributed by atoms with Crippen molar-refractivity contribution in [3.05, 3.63) is 0 Å². The molecule has 8 heteroatoms. The first kappa shape index (κ1) is 22.2. The number of aliphatic hydroxyl groups is 4. The van der Waals surface area contributed by atoms with Gasteiger partial charge >= 0.3 is 0 Å². The number of rotatable bonds is 5. The van der Waals surface area contributed by atoms with Crippen molar-refractivity contribution in [3.8, 4) is 0 Å². The van der Waals surface area contributed by atoms with Crippen LogP contribution in [0.5, 0.6) is 0 Å². The maximum absolute atomic E-state index is 12.8. The van der Waals surface area contributed by atoms with Gasteiger partial charge in [-0.1, -0.05) is 6.92 Å². The number of ether oxygens (including phenoxy) is 3. The second-order valence-corrected chi connectivity index (χ2v) is 11.6. The average Bonchev–Trinajstić information content (AvgIpc) is 3.21. The van der Waals surface area contributed by atoms with Gasteiger partial charge in [0.2, 0.25) is 0 Å². The number of methoxy groups -OCH3 is 3. The minimum absolute atomic E-state index is 0.0149. The summed E-state index contributed by atoms with van der Waals surface area (Å²) in [6.07, 6.45) is 0.570. The number of nitrogens with zero attached hydrogens (tertiary/aromatic N) is 1. The zero-order valence-corrected chi connectivity index (χ0v) is 19.6. The molecular formula is C24H39NO7. The molecule has 0 radical (unpaired) electrons. The van der Waals surface area contributed by atoms with Crippen molar-refractivity contribution in [1.29, 1.82) is 0 Å². The van der Waals surface area contributed by atoms with Crippen LogP contribution >= 0.6 is 0 Å². The highest BCUT2D eigenvalue weighted by molar-refractivity contribution is 5.41. The van der Waals surface area contributed by atoms with Crippen LogP contribution in [0.3, 0.4) is 0 Å². The van der Waals surface area contributed by atoms with E-state index in [9.17, 15) is 20.4 Å². The molecule has 6 aliphatic rings. The Kier molecular flexibility index (Phi) is 4.62. The molecule has 1 aliphatic heterocycles. The Morgan fingerprint density at radius 1 is 1.09 bits per heavy atom. The van der Waals surface area contributed by atoms with Crippen molar-refractivity contribution < 1.29 is 34.6 Å². The lowest BCUT2D eigenvalue weighted by molar-refractivity contribution is -0.318. The maximum atomic E-state index is 12.8. The van der Waals surface area contributed by atoms with Gasteiger partial charge in [0.05, 0.1) is 37.1 Å². The van der Waals surface area contributed by atoms with Gasteiger partial charge < -0.3 is 34.6 Å². The van der Waals surface area contributed by atoms with Gasteiger partial charge in [-0.2, -0.15) is 0 Å². The molecule has 5 aliphatic carbocycles. The number of hydrogen-bond donors (Lipinski definition) is 4. The van der Waals surface area contributed by atoms with Crippen LogP contribution in [-0.4, -0.2) is 108 Å². The number of piperidine rings is 1. The fourth-order valence-corrected chi connectivity index (χ4v) is 10.7. The molecule has 2 unspecified atom stereocenters. The Balaban J connectivity index is 1.68. The van der Waals surface area contributed by atoms with E-state index in [1.165, 1.54) is 0 Å². The van der Waals surface area contributed by atoms with Crippen molar-refractivity contribution in [2.45, 2.75) is 74.3 Å². The third kappa shape index (κ3) is 1.96. The van der Waals surface area contributed by atoms with E-state index in [1.807, 2.05) is 0 Å². The van der Waals surface area contributed by atoms with E-state index in [2.05, 4.69) is 11.8 Å². The fraction of sp³-hybridized carbons (Fsp3) is 1.00. The molecule has 5 saturated carbocycles. The fourth-order valence-electron chi connectivity index (χ4n) is 10.7. The van der Waals surface area contributed by atoms with Crippen molar-refractivity contribution in [3.63, 3.8) is 0 Å². The van der Waals surface area contributed by atoms with Gasteiger partial charge in [-0.15, -0.1) is 0 Å². The van der Waals surface area contributed by atoms with Gasteiger partial charge in [0.1, 0.15) is 11.2 Å². The van der Waals surface area contributed by atoms with Gasteiger partial charge in [-0.05, 0) is 31.7 Å². The quantitative estimate of drug-likeness (QED) is 0.446. The molecule has 0 aromatic heterocycles. The van der Waals surface area contributed by atoms with Crippen LogP contribution in [0.2, 0.25) is 0 Å². The Morgan fingerprint density at radius 2 is 1.84 bits per heavy atom. The molecule has 6 rings (SSSR count). The van der Waals surface area contributed by atoms with Crippen LogP contribution in [0, 0.1) is 34.5 Å². The van der Waals surface area contributed by atoms with Crippen molar-refractivity contribution in [2.75, 3.05) is 41.0 Å². The summed E-state index contributed by atoms with van der Waals surface area (Å²) in [7, 11) is 4.95. The summed E-state index contributed by atoms with van der Waals surface area (Å²) in [6.45, 7) is 3.36. The first-order valence-corrected chi connectivity index (χ1v) is 12.3. The summed E-state index contributed by atoms with van der Waals surface area (Å²) in [6, 6.07) is -0.442. The van der Waals surface area contributed by atoms with Crippen LogP contribution in [0.15, 0.2) is 0 Å². The van der Waals surface area contributed by atoms with E-state index in [0.717, 1.165) is 6.42 Å². The second kappa shape index (κ2) is 6.66. The predicted molar refractivity (Wildman–Crippen MR) is 114 cm³/mol. The summed E-state index contributed by atoms with van der Waals surface area (Å²) < 4.78 is 18.0. The number of hydrogen-bond acceptors (Lipinski definition) is 8. The molecule has 182 valence electrons. The second-order valence-electron chi connectivity index (χ2n) is 11.6. The van der Waals surface area contributed by atoms with Crippen LogP contribution < -0.4 is 0 Å². The maximum Gasteiger partial charge on any atom is 0.136 e. The minimum Gasteiger partial charge on any atom is -0.396 e. The topological polar surface area (TPSA) is 112 Å². The summed E-state index contributed by atoms with van der Waals surface area (Å²) in [5, 5.41) is 48.0. The number of likely N-dealkylation sites (N-methyl/N-ethyl adjacent to an activating group) is 1. The molecule has 1 heterocycles. The largest absolute Gasteiger partial charge is 0.396 e. The monoisotopic (exact) mass is 453 g/mol. The third-order valence-corrected chi connectivity index (χ3v) is 11.4. The summed E-state index contributed by atoms with van der Waals surface area (Å²) in [4.78, 5) is 2.23. The first-order chi connectivity index (χ1) is 15.3. The highest BCUT2D eigenvalue weighted by Gasteiger charge is 2.91. The molecule has 0 aromatic rings. The molecule has 6 fully saturated rings. The van der Waals surface area contributed by atoms with Crippen molar-refractivity contribution >= 4 is 0 Å². The van der Waals surface area contributed by atoms with Crippen LogP contribution in [-0.2, 0) is 14.2 Å². The average molecular weight is 454 g/mol. The van der Waals surface area contributed by atoms with Gasteiger partial charge in [0.25, 0.3) is 0 Å². The van der Waals surface area contributed by atoms with Gasteiger partial charge in [-0.3, -0.25) is 4.90 Å². The third-order valence-electron chi connectivity index (χ3n) is 11.4. The number of likely N-dealkylation sites (tertiary alicyclic amines) is 1. The highest BCUT2D eigenvalue weighted by Crippen LogP contribution is 2.80. The Morgan fingerprint density at radius 3 is 2.44 bits per heavy atom. The Hall–Kier alpha value is -0.320. The lowest BCUT2D eigenvalue weighted by Gasteiger charge is -2.69. The summed E-state index contributed by atoms with van der Waals surface area (Å²) in [5.74, 6) is -0.488. The zero-order chi connectivity index (χ0) is 22.8. The van der Waals surface area contributed by atoms with Crippen molar-refractivity contribution in [1.82, 2.24) is 4.90 Å². The molecule has 1 spiro atoms. The molecule has 0 amide bonds. The van der Waals surface area contributed by atoms with E-state index in [1.54, 1.807) is 21.3 Å². The number of aliphatic hydroxyl groups excluding tert-OH is 2. The molecule has 32 heavy (non-hydrogen) atoms. The smallest absolute Gasteiger partial charge is 0.136 e. The summed E-state index contributed by atoms with van der Waals surface area (Å²) >= 11 is 0. The van der Waals surface area contributed by atoms with E-state index in [-0.39, 0.29) is 42.5 Å². The lowest BCUT2D eigenvalue weighted by atomic mass is 9.42. The molecule has 8 nitrogen and oxygen atoms in total. The number of fused-ring (bicyclic) bond motifs is 2. The highest BCUT2D eigenvalue weighted by atomic mass is 16.5. The molecule has 13 atom stereocenters. The molecule has 7 bridgehead atoms. The molecular weight excluding hydrogens is 414 g/mol. The molecule has 0 aromatic carbocycles. The van der Waals surface area contributed by atoms with E-state index in [4.69, 9.17) is 14.2 Å². The van der Waals surface area contributed by atoms with Gasteiger partial charge in [0, 0.05) is 62.9 Å².